The number of nitrogens with zero attached hydrogens (tertiary/aromatic N) is 3. The molecule has 1 heterocycles. The molecular formula is C10H10N4O2S. The number of hydrogen-bond donors (Lipinski definition) is 1. The van der Waals surface area contributed by atoms with Gasteiger partial charge >= 0.3 is 5.97 Å². The Morgan fingerprint density at radius 1 is 1.41 bits per heavy atom. The summed E-state index contributed by atoms with van der Waals surface area (Å²) in [6.45, 7) is 1.38. The predicted octanol–water partition coefficient (Wildman–Crippen LogP) is 1.42. The van der Waals surface area contributed by atoms with Gasteiger partial charge in [-0.3, -0.25) is 4.79 Å². The van der Waals surface area contributed by atoms with Crippen LogP contribution in [-0.2, 0) is 10.5 Å². The molecule has 0 aliphatic rings. The Kier molecular flexibility index (Phi) is 3.71. The van der Waals surface area contributed by atoms with Gasteiger partial charge in [0, 0.05) is 12.7 Å². The minimum atomic E-state index is -0.320. The zero-order valence-electron chi connectivity index (χ0n) is 9.08. The first-order valence-corrected chi connectivity index (χ1v) is 5.86. The Balaban J connectivity index is 1.91. The smallest absolute Gasteiger partial charge is 0.308 e. The predicted molar refractivity (Wildman–Crippen MR) is 61.5 cm³/mol. The Hall–Kier alpha value is -1.89. The van der Waals surface area contributed by atoms with Crippen molar-refractivity contribution in [3.05, 3.63) is 29.8 Å². The van der Waals surface area contributed by atoms with E-state index in [-0.39, 0.29) is 5.97 Å². The molecule has 0 spiro atoms. The maximum absolute atomic E-state index is 10.7. The zero-order valence-corrected chi connectivity index (χ0v) is 9.90. The number of thioether (sulfide) groups is 1. The Morgan fingerprint density at radius 2 is 2.18 bits per heavy atom. The minimum Gasteiger partial charge on any atom is -0.427 e. The molecule has 17 heavy (non-hydrogen) atoms. The number of esters is 1. The molecule has 1 N–H and O–H groups in total. The third-order valence-corrected chi connectivity index (χ3v) is 2.79. The third kappa shape index (κ3) is 3.56. The Labute approximate surface area is 102 Å². The summed E-state index contributed by atoms with van der Waals surface area (Å²) in [5, 5.41) is 14.1. The van der Waals surface area contributed by atoms with Gasteiger partial charge in [-0.05, 0) is 22.9 Å². The number of tetrazole rings is 1. The van der Waals surface area contributed by atoms with Gasteiger partial charge in [-0.15, -0.1) is 10.2 Å². The second kappa shape index (κ2) is 5.44. The first kappa shape index (κ1) is 11.6. The molecular weight excluding hydrogens is 240 g/mol. The van der Waals surface area contributed by atoms with Gasteiger partial charge in [0.2, 0.25) is 5.16 Å². The van der Waals surface area contributed by atoms with E-state index >= 15 is 0 Å². The van der Waals surface area contributed by atoms with E-state index in [9.17, 15) is 4.79 Å². The highest BCUT2D eigenvalue weighted by atomic mass is 32.2. The topological polar surface area (TPSA) is 80.8 Å². The lowest BCUT2D eigenvalue weighted by molar-refractivity contribution is -0.131. The second-order valence-corrected chi connectivity index (χ2v) is 4.16. The summed E-state index contributed by atoms with van der Waals surface area (Å²) >= 11 is 1.48. The van der Waals surface area contributed by atoms with Crippen LogP contribution in [0.5, 0.6) is 5.75 Å². The van der Waals surface area contributed by atoms with Gasteiger partial charge in [-0.2, -0.15) is 5.21 Å². The van der Waals surface area contributed by atoms with Crippen LogP contribution in [0.2, 0.25) is 0 Å². The molecule has 1 aromatic carbocycles. The summed E-state index contributed by atoms with van der Waals surface area (Å²) in [7, 11) is 0. The number of ether oxygens (including phenoxy) is 1. The van der Waals surface area contributed by atoms with Gasteiger partial charge in [-0.1, -0.05) is 23.9 Å². The van der Waals surface area contributed by atoms with Crippen molar-refractivity contribution in [2.75, 3.05) is 0 Å². The first-order chi connectivity index (χ1) is 8.24. The van der Waals surface area contributed by atoms with Crippen LogP contribution in [0.4, 0.5) is 0 Å². The van der Waals surface area contributed by atoms with Crippen LogP contribution in [0.1, 0.15) is 12.5 Å². The Bertz CT molecular complexity index is 484. The lowest BCUT2D eigenvalue weighted by atomic mass is 10.2. The number of hydrogen-bond acceptors (Lipinski definition) is 6. The first-order valence-electron chi connectivity index (χ1n) is 4.87. The number of aromatic amines is 1. The maximum atomic E-state index is 10.7. The summed E-state index contributed by atoms with van der Waals surface area (Å²) in [6.07, 6.45) is 0. The molecule has 0 fully saturated rings. The summed E-state index contributed by atoms with van der Waals surface area (Å²) in [4.78, 5) is 10.7. The number of carbonyl (C=O) groups is 1. The van der Waals surface area contributed by atoms with E-state index in [0.29, 0.717) is 10.9 Å². The minimum absolute atomic E-state index is 0.320. The summed E-state index contributed by atoms with van der Waals surface area (Å²) in [6, 6.07) is 7.30. The van der Waals surface area contributed by atoms with Crippen molar-refractivity contribution in [2.24, 2.45) is 0 Å². The lowest BCUT2D eigenvalue weighted by Crippen LogP contribution is -2.00. The number of carbonyl (C=O) groups excluding carboxylic acids is 1. The van der Waals surface area contributed by atoms with Crippen LogP contribution in [-0.4, -0.2) is 26.6 Å². The molecule has 0 atom stereocenters. The molecule has 1 aromatic heterocycles. The molecule has 7 heteroatoms. The second-order valence-electron chi connectivity index (χ2n) is 3.22. The van der Waals surface area contributed by atoms with Gasteiger partial charge in [0.15, 0.2) is 0 Å². The molecule has 0 amide bonds. The number of H-pyrrole nitrogens is 1. The molecule has 2 rings (SSSR count). The fraction of sp³-hybridized carbons (Fsp3) is 0.200. The largest absolute Gasteiger partial charge is 0.427 e. The number of nitrogens with one attached hydrogen (secondary N) is 1. The van der Waals surface area contributed by atoms with E-state index in [1.54, 1.807) is 12.1 Å². The number of benzene rings is 1. The summed E-state index contributed by atoms with van der Waals surface area (Å²) in [5.74, 6) is 0.963. The molecule has 0 radical (unpaired) electrons. The lowest BCUT2D eigenvalue weighted by Gasteiger charge is -2.02. The highest BCUT2D eigenvalue weighted by Crippen LogP contribution is 2.20. The molecule has 0 aliphatic carbocycles. The van der Waals surface area contributed by atoms with Gasteiger partial charge < -0.3 is 4.74 Å². The monoisotopic (exact) mass is 250 g/mol. The van der Waals surface area contributed by atoms with E-state index in [0.717, 1.165) is 11.3 Å². The zero-order chi connectivity index (χ0) is 12.1. The molecule has 88 valence electrons. The van der Waals surface area contributed by atoms with Crippen LogP contribution in [0.15, 0.2) is 29.4 Å². The van der Waals surface area contributed by atoms with E-state index in [4.69, 9.17) is 4.74 Å². The number of aromatic nitrogens is 4. The SMILES string of the molecule is CC(=O)Oc1ccc(CSc2nn[nH]n2)cc1. The van der Waals surface area contributed by atoms with Crippen molar-refractivity contribution in [1.82, 2.24) is 20.6 Å². The van der Waals surface area contributed by atoms with E-state index < -0.39 is 0 Å². The van der Waals surface area contributed by atoms with Gasteiger partial charge in [0.05, 0.1) is 0 Å². The molecule has 0 aliphatic heterocycles. The molecule has 0 saturated heterocycles. The highest BCUT2D eigenvalue weighted by Gasteiger charge is 2.01. The van der Waals surface area contributed by atoms with Crippen molar-refractivity contribution in [1.29, 1.82) is 0 Å². The van der Waals surface area contributed by atoms with E-state index in [1.165, 1.54) is 18.7 Å². The average Bonchev–Trinajstić information content (AvgIpc) is 2.80. The van der Waals surface area contributed by atoms with Gasteiger partial charge in [0.25, 0.3) is 0 Å². The van der Waals surface area contributed by atoms with Crippen LogP contribution >= 0.6 is 11.8 Å². The molecule has 0 unspecified atom stereocenters. The van der Waals surface area contributed by atoms with Crippen molar-refractivity contribution < 1.29 is 9.53 Å². The normalized spacial score (nSPS) is 10.2. The highest BCUT2D eigenvalue weighted by molar-refractivity contribution is 7.98. The van der Waals surface area contributed by atoms with E-state index in [2.05, 4.69) is 20.6 Å². The molecule has 0 bridgehead atoms. The van der Waals surface area contributed by atoms with Crippen LogP contribution in [0, 0.1) is 0 Å². The fourth-order valence-corrected chi connectivity index (χ4v) is 1.87. The van der Waals surface area contributed by atoms with Crippen LogP contribution in [0.3, 0.4) is 0 Å². The van der Waals surface area contributed by atoms with Gasteiger partial charge in [-0.25, -0.2) is 0 Å². The molecule has 2 aromatic rings. The van der Waals surface area contributed by atoms with Crippen molar-refractivity contribution >= 4 is 17.7 Å². The third-order valence-electron chi connectivity index (χ3n) is 1.88. The van der Waals surface area contributed by atoms with Crippen molar-refractivity contribution in [3.8, 4) is 5.75 Å². The van der Waals surface area contributed by atoms with Gasteiger partial charge in [0.1, 0.15) is 5.75 Å². The summed E-state index contributed by atoms with van der Waals surface area (Å²) in [5.41, 5.74) is 1.09. The standard InChI is InChI=1S/C10H10N4O2S/c1-7(15)16-9-4-2-8(3-5-9)6-17-10-11-13-14-12-10/h2-5H,6H2,1H3,(H,11,12,13,14). The molecule has 6 nitrogen and oxygen atoms in total. The fourth-order valence-electron chi connectivity index (χ4n) is 1.18. The Morgan fingerprint density at radius 3 is 2.76 bits per heavy atom. The molecule has 0 saturated carbocycles. The van der Waals surface area contributed by atoms with Crippen LogP contribution in [0.25, 0.3) is 0 Å². The maximum Gasteiger partial charge on any atom is 0.308 e. The van der Waals surface area contributed by atoms with Crippen LogP contribution < -0.4 is 4.74 Å². The van der Waals surface area contributed by atoms with Crippen molar-refractivity contribution in [3.63, 3.8) is 0 Å². The quantitative estimate of drug-likeness (QED) is 0.502. The average molecular weight is 250 g/mol. The van der Waals surface area contributed by atoms with Crippen molar-refractivity contribution in [2.45, 2.75) is 17.8 Å². The number of rotatable bonds is 4. The van der Waals surface area contributed by atoms with E-state index in [1.807, 2.05) is 12.1 Å². The summed E-state index contributed by atoms with van der Waals surface area (Å²) < 4.78 is 4.93.